The highest BCUT2D eigenvalue weighted by molar-refractivity contribution is 5.94. The molecule has 2 N–H and O–H groups in total. The van der Waals surface area contributed by atoms with Crippen molar-refractivity contribution in [2.75, 3.05) is 6.54 Å². The number of hydrogen-bond acceptors (Lipinski definition) is 3. The van der Waals surface area contributed by atoms with Crippen molar-refractivity contribution in [2.45, 2.75) is 110 Å². The molecule has 0 radical (unpaired) electrons. The Morgan fingerprint density at radius 3 is 1.63 bits per heavy atom. The minimum atomic E-state index is -1.12. The first-order chi connectivity index (χ1) is 14.6. The molecular weight excluding hydrogens is 376 g/mol. The standard InChI is InChI=1S/C25H42N2O3/c1-2-3-4-5-6-7-8-9-10-11-12-13-14-15-16-17-21-26-24(28)22-19-18-20-23(27-22)25(29)30/h18-20H,2-17,21H2,1H3,(H,26,28)(H,29,30). The maximum atomic E-state index is 12.0. The number of pyridine rings is 1. The zero-order valence-electron chi connectivity index (χ0n) is 19.0. The largest absolute Gasteiger partial charge is 0.477 e. The zero-order valence-corrected chi connectivity index (χ0v) is 19.0. The third kappa shape index (κ3) is 13.3. The van der Waals surface area contributed by atoms with Crippen LogP contribution in [0.25, 0.3) is 0 Å². The minimum absolute atomic E-state index is 0.106. The maximum absolute atomic E-state index is 12.0. The van der Waals surface area contributed by atoms with E-state index in [1.807, 2.05) is 0 Å². The van der Waals surface area contributed by atoms with Crippen molar-refractivity contribution in [1.82, 2.24) is 10.3 Å². The van der Waals surface area contributed by atoms with Gasteiger partial charge in [0.25, 0.3) is 5.91 Å². The summed E-state index contributed by atoms with van der Waals surface area (Å²) in [7, 11) is 0. The van der Waals surface area contributed by atoms with E-state index in [0.29, 0.717) is 6.54 Å². The first kappa shape index (κ1) is 26.1. The van der Waals surface area contributed by atoms with Crippen molar-refractivity contribution in [3.63, 3.8) is 0 Å². The van der Waals surface area contributed by atoms with Gasteiger partial charge in [0.15, 0.2) is 0 Å². The van der Waals surface area contributed by atoms with E-state index in [0.717, 1.165) is 12.8 Å². The summed E-state index contributed by atoms with van der Waals surface area (Å²) in [4.78, 5) is 26.8. The molecule has 5 nitrogen and oxygen atoms in total. The van der Waals surface area contributed by atoms with Crippen LogP contribution in [-0.2, 0) is 0 Å². The van der Waals surface area contributed by atoms with Gasteiger partial charge < -0.3 is 10.4 Å². The number of hydrogen-bond donors (Lipinski definition) is 2. The number of aromatic nitrogens is 1. The van der Waals surface area contributed by atoms with E-state index in [-0.39, 0.29) is 17.3 Å². The van der Waals surface area contributed by atoms with Gasteiger partial charge in [-0.15, -0.1) is 0 Å². The fraction of sp³-hybridized carbons (Fsp3) is 0.720. The second-order valence-corrected chi connectivity index (χ2v) is 8.27. The Labute approximate surface area is 183 Å². The molecule has 170 valence electrons. The van der Waals surface area contributed by atoms with Gasteiger partial charge in [0, 0.05) is 6.54 Å². The number of carboxylic acid groups (broad SMARTS) is 1. The molecule has 1 heterocycles. The summed E-state index contributed by atoms with van der Waals surface area (Å²) < 4.78 is 0. The molecule has 1 rings (SSSR count). The number of unbranched alkanes of at least 4 members (excludes halogenated alkanes) is 15. The van der Waals surface area contributed by atoms with E-state index in [1.165, 1.54) is 102 Å². The highest BCUT2D eigenvalue weighted by atomic mass is 16.4. The molecule has 0 fully saturated rings. The molecule has 0 spiro atoms. The summed E-state index contributed by atoms with van der Waals surface area (Å²) in [6.07, 6.45) is 21.2. The van der Waals surface area contributed by atoms with Crippen LogP contribution in [0.4, 0.5) is 0 Å². The van der Waals surface area contributed by atoms with Crippen LogP contribution < -0.4 is 5.32 Å². The molecule has 1 aromatic heterocycles. The van der Waals surface area contributed by atoms with Gasteiger partial charge in [0.2, 0.25) is 0 Å². The van der Waals surface area contributed by atoms with Gasteiger partial charge in [-0.3, -0.25) is 4.79 Å². The third-order valence-corrected chi connectivity index (χ3v) is 5.52. The molecule has 0 atom stereocenters. The quantitative estimate of drug-likeness (QED) is 0.243. The molecule has 0 saturated carbocycles. The number of carbonyl (C=O) groups is 2. The van der Waals surface area contributed by atoms with Crippen molar-refractivity contribution in [1.29, 1.82) is 0 Å². The molecule has 0 bridgehead atoms. The first-order valence-electron chi connectivity index (χ1n) is 12.1. The van der Waals surface area contributed by atoms with Crippen LogP contribution in [0.2, 0.25) is 0 Å². The number of rotatable bonds is 19. The fourth-order valence-corrected chi connectivity index (χ4v) is 3.65. The molecule has 5 heteroatoms. The van der Waals surface area contributed by atoms with Crippen molar-refractivity contribution < 1.29 is 14.7 Å². The van der Waals surface area contributed by atoms with Crippen LogP contribution in [0.3, 0.4) is 0 Å². The van der Waals surface area contributed by atoms with Gasteiger partial charge in [-0.1, -0.05) is 109 Å². The number of nitrogens with one attached hydrogen (secondary N) is 1. The predicted molar refractivity (Wildman–Crippen MR) is 123 cm³/mol. The van der Waals surface area contributed by atoms with Crippen molar-refractivity contribution in [3.05, 3.63) is 29.6 Å². The number of carboxylic acids is 1. The normalized spacial score (nSPS) is 10.8. The van der Waals surface area contributed by atoms with Crippen LogP contribution in [0, 0.1) is 0 Å². The Bertz CT molecular complexity index is 590. The predicted octanol–water partition coefficient (Wildman–Crippen LogP) is 6.77. The van der Waals surface area contributed by atoms with Crippen molar-refractivity contribution in [2.24, 2.45) is 0 Å². The summed E-state index contributed by atoms with van der Waals surface area (Å²) in [6.45, 7) is 2.88. The van der Waals surface area contributed by atoms with E-state index in [9.17, 15) is 9.59 Å². The lowest BCUT2D eigenvalue weighted by Gasteiger charge is -2.06. The second-order valence-electron chi connectivity index (χ2n) is 8.27. The minimum Gasteiger partial charge on any atom is -0.477 e. The van der Waals surface area contributed by atoms with Gasteiger partial charge in [0.05, 0.1) is 0 Å². The van der Waals surface area contributed by atoms with E-state index in [1.54, 1.807) is 6.07 Å². The lowest BCUT2D eigenvalue weighted by Crippen LogP contribution is -2.25. The average Bonchev–Trinajstić information content (AvgIpc) is 2.75. The Morgan fingerprint density at radius 2 is 1.17 bits per heavy atom. The first-order valence-corrected chi connectivity index (χ1v) is 12.1. The van der Waals surface area contributed by atoms with Crippen molar-refractivity contribution >= 4 is 11.9 Å². The van der Waals surface area contributed by atoms with Crippen LogP contribution in [-0.4, -0.2) is 28.5 Å². The molecule has 0 aromatic carbocycles. The second kappa shape index (κ2) is 17.9. The van der Waals surface area contributed by atoms with E-state index in [4.69, 9.17) is 5.11 Å². The van der Waals surface area contributed by atoms with Gasteiger partial charge >= 0.3 is 5.97 Å². The molecule has 1 amide bonds. The van der Waals surface area contributed by atoms with E-state index >= 15 is 0 Å². The van der Waals surface area contributed by atoms with Gasteiger partial charge in [-0.2, -0.15) is 0 Å². The van der Waals surface area contributed by atoms with Gasteiger partial charge in [-0.05, 0) is 18.6 Å². The molecule has 30 heavy (non-hydrogen) atoms. The molecule has 0 saturated heterocycles. The Balaban J connectivity index is 1.87. The summed E-state index contributed by atoms with van der Waals surface area (Å²) in [5, 5.41) is 11.7. The topological polar surface area (TPSA) is 79.3 Å². The fourth-order valence-electron chi connectivity index (χ4n) is 3.65. The summed E-state index contributed by atoms with van der Waals surface area (Å²) in [5.41, 5.74) is 0.0523. The number of nitrogens with zero attached hydrogens (tertiary/aromatic N) is 1. The maximum Gasteiger partial charge on any atom is 0.354 e. The van der Waals surface area contributed by atoms with Gasteiger partial charge in [0.1, 0.15) is 11.4 Å². The summed E-state index contributed by atoms with van der Waals surface area (Å²) in [6, 6.07) is 4.46. The molecule has 0 aliphatic heterocycles. The Hall–Kier alpha value is -1.91. The van der Waals surface area contributed by atoms with E-state index in [2.05, 4.69) is 17.2 Å². The van der Waals surface area contributed by atoms with Crippen molar-refractivity contribution in [3.8, 4) is 0 Å². The van der Waals surface area contributed by atoms with Gasteiger partial charge in [-0.25, -0.2) is 9.78 Å². The third-order valence-electron chi connectivity index (χ3n) is 5.52. The molecule has 0 unspecified atom stereocenters. The highest BCUT2D eigenvalue weighted by Crippen LogP contribution is 2.13. The van der Waals surface area contributed by atoms with Crippen LogP contribution in [0.5, 0.6) is 0 Å². The average molecular weight is 419 g/mol. The number of aromatic carboxylic acids is 1. The van der Waals surface area contributed by atoms with Crippen LogP contribution in [0.15, 0.2) is 18.2 Å². The SMILES string of the molecule is CCCCCCCCCCCCCCCCCCNC(=O)c1cccc(C(=O)O)n1. The zero-order chi connectivity index (χ0) is 21.9. The molecule has 0 aliphatic carbocycles. The highest BCUT2D eigenvalue weighted by Gasteiger charge is 2.10. The lowest BCUT2D eigenvalue weighted by molar-refractivity contribution is 0.0690. The molecular formula is C25H42N2O3. The summed E-state index contributed by atoms with van der Waals surface area (Å²) >= 11 is 0. The Morgan fingerprint density at radius 1 is 0.733 bits per heavy atom. The molecule has 0 aliphatic rings. The van der Waals surface area contributed by atoms with Crippen LogP contribution in [0.1, 0.15) is 131 Å². The van der Waals surface area contributed by atoms with E-state index < -0.39 is 5.97 Å². The number of carbonyl (C=O) groups excluding carboxylic acids is 1. The smallest absolute Gasteiger partial charge is 0.354 e. The van der Waals surface area contributed by atoms with Crippen LogP contribution >= 0.6 is 0 Å². The number of amides is 1. The monoisotopic (exact) mass is 418 g/mol. The lowest BCUT2D eigenvalue weighted by atomic mass is 10.0. The Kier molecular flexibility index (Phi) is 15.6. The molecule has 1 aromatic rings. The summed E-state index contributed by atoms with van der Waals surface area (Å²) in [5.74, 6) is -1.43.